The summed E-state index contributed by atoms with van der Waals surface area (Å²) in [7, 11) is -4.10. The van der Waals surface area contributed by atoms with Gasteiger partial charge in [-0.2, -0.15) is 13.2 Å². The zero-order valence-electron chi connectivity index (χ0n) is 33.3. The molecule has 4 fully saturated rings. The molecule has 282 valence electrons. The van der Waals surface area contributed by atoms with Crippen LogP contribution in [0.5, 0.6) is 0 Å². The Bertz CT molecular complexity index is 1250. The molecule has 0 N–H and O–H groups in total. The third kappa shape index (κ3) is 8.92. The molecule has 4 nitrogen and oxygen atoms in total. The monoisotopic (exact) mass is 725 g/mol. The summed E-state index contributed by atoms with van der Waals surface area (Å²) in [6.07, 6.45) is 5.42. The van der Waals surface area contributed by atoms with Crippen LogP contribution in [0.4, 0.5) is 13.2 Å². The first-order valence-electron chi connectivity index (χ1n) is 19.1. The minimum atomic E-state index is -4.31. The van der Waals surface area contributed by atoms with E-state index in [0.29, 0.717) is 30.8 Å². The number of fused-ring (bicyclic) bond motifs is 1. The number of hydrogen-bond donors (Lipinski definition) is 0. The first-order chi connectivity index (χ1) is 22.3. The van der Waals surface area contributed by atoms with Crippen LogP contribution in [0.15, 0.2) is 35.5 Å². The predicted octanol–water partition coefficient (Wildman–Crippen LogP) is 11.3. The second kappa shape index (κ2) is 14.6. The average Bonchev–Trinajstić information content (AvgIpc) is 3.32. The Morgan fingerprint density at radius 2 is 1.61 bits per heavy atom. The smallest absolute Gasteiger partial charge is 0.413 e. The number of morpholine rings is 1. The summed E-state index contributed by atoms with van der Waals surface area (Å²) in [5.74, 6) is 1.55. The second-order valence-corrected chi connectivity index (χ2v) is 29.0. The lowest BCUT2D eigenvalue weighted by atomic mass is 9.61. The maximum absolute atomic E-state index is 13.4. The fourth-order valence-electron chi connectivity index (χ4n) is 8.80. The quantitative estimate of drug-likeness (QED) is 0.233. The Balaban J connectivity index is 1.57. The number of alkyl halides is 3. The molecule has 0 aromatic heterocycles. The van der Waals surface area contributed by atoms with E-state index in [-0.39, 0.29) is 46.8 Å². The van der Waals surface area contributed by atoms with Crippen molar-refractivity contribution in [2.75, 3.05) is 26.2 Å². The van der Waals surface area contributed by atoms with E-state index in [1.54, 1.807) is 0 Å². The van der Waals surface area contributed by atoms with Crippen LogP contribution in [0.3, 0.4) is 0 Å². The van der Waals surface area contributed by atoms with Crippen LogP contribution in [0.1, 0.15) is 101 Å². The normalized spacial score (nSPS) is 35.2. The number of allylic oxidation sites excluding steroid dienone is 3. The number of ether oxygens (including phenoxy) is 1. The molecule has 0 bridgehead atoms. The van der Waals surface area contributed by atoms with Crippen LogP contribution >= 0.6 is 0 Å². The van der Waals surface area contributed by atoms with Gasteiger partial charge in [0.25, 0.3) is 0 Å². The number of nitrogens with zero attached hydrogens (tertiary/aromatic N) is 1. The Hall–Kier alpha value is -0.716. The highest BCUT2D eigenvalue weighted by Gasteiger charge is 2.52. The molecule has 0 amide bonds. The minimum Gasteiger partial charge on any atom is -0.413 e. The summed E-state index contributed by atoms with van der Waals surface area (Å²) in [5, 5.41) is 0.212. The van der Waals surface area contributed by atoms with E-state index in [9.17, 15) is 13.2 Å². The van der Waals surface area contributed by atoms with Crippen molar-refractivity contribution in [3.8, 4) is 0 Å². The van der Waals surface area contributed by atoms with Gasteiger partial charge in [-0.1, -0.05) is 86.6 Å². The summed E-state index contributed by atoms with van der Waals surface area (Å²) < 4.78 is 59.7. The number of halogens is 3. The minimum absolute atomic E-state index is 0.0534. The lowest BCUT2D eigenvalue weighted by molar-refractivity contribution is -0.238. The molecule has 1 heterocycles. The highest BCUT2D eigenvalue weighted by molar-refractivity contribution is 6.74. The topological polar surface area (TPSA) is 30.9 Å². The second-order valence-electron chi connectivity index (χ2n) is 19.5. The first kappa shape index (κ1) is 41.0. The summed E-state index contributed by atoms with van der Waals surface area (Å²) in [6.45, 7) is 36.3. The molecule has 3 aliphatic carbocycles. The van der Waals surface area contributed by atoms with E-state index in [4.69, 9.17) is 20.2 Å². The Labute approximate surface area is 299 Å². The van der Waals surface area contributed by atoms with Gasteiger partial charge >= 0.3 is 6.18 Å². The molecule has 4 aliphatic rings. The molecule has 3 saturated carbocycles. The van der Waals surface area contributed by atoms with Crippen LogP contribution in [0.25, 0.3) is 0 Å². The molecule has 9 heteroatoms. The molecule has 0 spiro atoms. The van der Waals surface area contributed by atoms with Crippen molar-refractivity contribution < 1.29 is 26.8 Å². The average molecular weight is 726 g/mol. The van der Waals surface area contributed by atoms with Gasteiger partial charge in [-0.25, -0.2) is 0 Å². The highest BCUT2D eigenvalue weighted by Crippen LogP contribution is 2.59. The maximum Gasteiger partial charge on any atom is 0.415 e. The molecule has 0 aromatic rings. The number of rotatable bonds is 8. The van der Waals surface area contributed by atoms with Gasteiger partial charge in [0.2, 0.25) is 0 Å². The standard InChI is InChI=1S/C40H70F3NO3Si2/c1-27(25-44-22-23-45-35(26-44)40(41,42)43)32-19-20-33-30(16-15-21-39(32,33)10)17-18-31-24-34(46-48(11,12)37(4,5)6)29(3)36(28(31)2)47-49(13,14)38(7,8)9/h17-18,27,29,32-36H,2,15-16,19-26H2,1,3-14H3/b30-17+,31-18-/t27-,29+,32-,33+,34?,35?,36?,39-/m1/s1. The molecule has 1 saturated heterocycles. The van der Waals surface area contributed by atoms with Crippen molar-refractivity contribution in [1.29, 1.82) is 0 Å². The van der Waals surface area contributed by atoms with Gasteiger partial charge in [-0.15, -0.1) is 0 Å². The SMILES string of the molecule is C=C1/C(=C\C=C2/CCC[C@]3(C)[C@@H]([C@H](C)CN4CCOC(C(F)(F)F)C4)CC[C@@H]23)CC(O[Si](C)(C)C(C)(C)C)[C@H](C)C1O[Si](C)(C)C(C)(C)C. The third-order valence-corrected chi connectivity index (χ3v) is 23.0. The van der Waals surface area contributed by atoms with Crippen LogP contribution in [0, 0.1) is 29.1 Å². The van der Waals surface area contributed by atoms with E-state index in [0.717, 1.165) is 37.7 Å². The van der Waals surface area contributed by atoms with Gasteiger partial charge in [0, 0.05) is 25.6 Å². The van der Waals surface area contributed by atoms with Crippen LogP contribution in [-0.2, 0) is 13.6 Å². The third-order valence-electron chi connectivity index (χ3n) is 14.0. The molecular formula is C40H70F3NO3Si2. The molecular weight excluding hydrogens is 656 g/mol. The van der Waals surface area contributed by atoms with Gasteiger partial charge in [0.05, 0.1) is 18.8 Å². The number of hydrogen-bond acceptors (Lipinski definition) is 4. The molecule has 4 rings (SSSR count). The van der Waals surface area contributed by atoms with Crippen LogP contribution in [0.2, 0.25) is 36.3 Å². The van der Waals surface area contributed by atoms with Crippen LogP contribution in [-0.4, -0.2) is 72.3 Å². The summed E-state index contributed by atoms with van der Waals surface area (Å²) in [4.78, 5) is 1.99. The van der Waals surface area contributed by atoms with Gasteiger partial charge in [0.1, 0.15) is 0 Å². The van der Waals surface area contributed by atoms with Crippen LogP contribution < -0.4 is 0 Å². The van der Waals surface area contributed by atoms with Crippen molar-refractivity contribution in [3.63, 3.8) is 0 Å². The lowest BCUT2D eigenvalue weighted by Crippen LogP contribution is -2.53. The Morgan fingerprint density at radius 3 is 2.20 bits per heavy atom. The molecule has 1 aliphatic heterocycles. The summed E-state index contributed by atoms with van der Waals surface area (Å²) in [6, 6.07) is 0. The summed E-state index contributed by atoms with van der Waals surface area (Å²) in [5.41, 5.74) is 4.08. The summed E-state index contributed by atoms with van der Waals surface area (Å²) >= 11 is 0. The van der Waals surface area contributed by atoms with Crippen molar-refractivity contribution in [3.05, 3.63) is 35.5 Å². The molecule has 49 heavy (non-hydrogen) atoms. The Morgan fingerprint density at radius 1 is 1.00 bits per heavy atom. The zero-order valence-corrected chi connectivity index (χ0v) is 35.3. The van der Waals surface area contributed by atoms with Gasteiger partial charge in [-0.3, -0.25) is 4.90 Å². The fraction of sp³-hybridized carbons (Fsp3) is 0.850. The maximum atomic E-state index is 13.4. The molecule has 0 radical (unpaired) electrons. The highest BCUT2D eigenvalue weighted by atomic mass is 28.4. The van der Waals surface area contributed by atoms with Gasteiger partial charge < -0.3 is 13.6 Å². The van der Waals surface area contributed by atoms with Crippen molar-refractivity contribution in [2.24, 2.45) is 29.1 Å². The van der Waals surface area contributed by atoms with E-state index in [2.05, 4.69) is 101 Å². The zero-order chi connectivity index (χ0) is 37.0. The largest absolute Gasteiger partial charge is 0.415 e. The van der Waals surface area contributed by atoms with Crippen molar-refractivity contribution in [2.45, 2.75) is 162 Å². The van der Waals surface area contributed by atoms with E-state index in [1.807, 2.05) is 4.90 Å². The van der Waals surface area contributed by atoms with Gasteiger partial charge in [0.15, 0.2) is 22.7 Å². The predicted molar refractivity (Wildman–Crippen MR) is 203 cm³/mol. The van der Waals surface area contributed by atoms with Crippen molar-refractivity contribution >= 4 is 16.6 Å². The molecule has 0 aromatic carbocycles. The molecule has 8 atom stereocenters. The Kier molecular flexibility index (Phi) is 12.2. The fourth-order valence-corrected chi connectivity index (χ4v) is 11.6. The lowest BCUT2D eigenvalue weighted by Gasteiger charge is -2.48. The first-order valence-corrected chi connectivity index (χ1v) is 25.0. The molecule has 3 unspecified atom stereocenters. The van der Waals surface area contributed by atoms with E-state index >= 15 is 0 Å². The van der Waals surface area contributed by atoms with E-state index in [1.165, 1.54) is 17.6 Å². The van der Waals surface area contributed by atoms with Crippen molar-refractivity contribution in [1.82, 2.24) is 4.90 Å². The van der Waals surface area contributed by atoms with Gasteiger partial charge in [-0.05, 0) is 109 Å². The van der Waals surface area contributed by atoms with E-state index < -0.39 is 28.9 Å².